The lowest BCUT2D eigenvalue weighted by Crippen LogP contribution is -2.14. The molecule has 0 saturated carbocycles. The Bertz CT molecular complexity index is 978. The van der Waals surface area contributed by atoms with Gasteiger partial charge in [0.05, 0.1) is 44.5 Å². The van der Waals surface area contributed by atoms with Gasteiger partial charge < -0.3 is 9.64 Å². The average molecular weight is 436 g/mol. The van der Waals surface area contributed by atoms with E-state index in [4.69, 9.17) is 16.3 Å². The molecule has 0 heterocycles. The number of hydrogen-bond acceptors (Lipinski definition) is 4. The zero-order chi connectivity index (χ0) is 21.6. The van der Waals surface area contributed by atoms with Gasteiger partial charge in [-0.1, -0.05) is 25.4 Å². The highest BCUT2D eigenvalue weighted by atomic mass is 35.5. The second kappa shape index (κ2) is 10.1. The number of hydrogen-bond donors (Lipinski definition) is 0. The number of rotatable bonds is 8. The van der Waals surface area contributed by atoms with Crippen molar-refractivity contribution in [3.8, 4) is 5.75 Å². The Labute approximate surface area is 179 Å². The minimum absolute atomic E-state index is 0.207. The van der Waals surface area contributed by atoms with E-state index in [1.165, 1.54) is 0 Å². The van der Waals surface area contributed by atoms with E-state index < -0.39 is 9.73 Å². The summed E-state index contributed by atoms with van der Waals surface area (Å²) in [5.41, 5.74) is 2.17. The standard InChI is InChI=1S/C22H30ClN3O2S/c1-7-26(5)15-24-21-12-17(4)22(13-20(21)23)29(27,14-16(2)3)25-18-8-10-19(28-6)11-9-18/h8-13,15-16H,7,14H2,1-6H3. The van der Waals surface area contributed by atoms with Gasteiger partial charge in [0, 0.05) is 19.3 Å². The van der Waals surface area contributed by atoms with Gasteiger partial charge in [-0.2, -0.15) is 4.36 Å². The molecule has 0 aliphatic carbocycles. The Kier molecular flexibility index (Phi) is 8.11. The quantitative estimate of drug-likeness (QED) is 0.372. The zero-order valence-electron chi connectivity index (χ0n) is 18.0. The predicted molar refractivity (Wildman–Crippen MR) is 124 cm³/mol. The van der Waals surface area contributed by atoms with Crippen LogP contribution in [0.25, 0.3) is 0 Å². The van der Waals surface area contributed by atoms with Gasteiger partial charge in [-0.15, -0.1) is 0 Å². The van der Waals surface area contributed by atoms with Crippen molar-refractivity contribution in [1.82, 2.24) is 4.90 Å². The third-order valence-corrected chi connectivity index (χ3v) is 7.42. The molecule has 2 aromatic carbocycles. The molecule has 29 heavy (non-hydrogen) atoms. The summed E-state index contributed by atoms with van der Waals surface area (Å²) >= 11 is 6.50. The number of aliphatic imine (C=N–C) groups is 1. The van der Waals surface area contributed by atoms with E-state index in [0.29, 0.717) is 27.0 Å². The van der Waals surface area contributed by atoms with Crippen molar-refractivity contribution < 1.29 is 8.95 Å². The highest BCUT2D eigenvalue weighted by Gasteiger charge is 2.20. The van der Waals surface area contributed by atoms with Crippen LogP contribution in [0.2, 0.25) is 5.02 Å². The first-order valence-electron chi connectivity index (χ1n) is 9.62. The minimum Gasteiger partial charge on any atom is -0.497 e. The summed E-state index contributed by atoms with van der Waals surface area (Å²) in [5, 5.41) is 0.466. The second-order valence-electron chi connectivity index (χ2n) is 7.38. The van der Waals surface area contributed by atoms with Gasteiger partial charge in [-0.05, 0) is 61.7 Å². The molecule has 0 aliphatic rings. The molecule has 0 aliphatic heterocycles. The van der Waals surface area contributed by atoms with Gasteiger partial charge in [0.25, 0.3) is 0 Å². The third-order valence-electron chi connectivity index (χ3n) is 4.37. The summed E-state index contributed by atoms with van der Waals surface area (Å²) in [4.78, 5) is 7.08. The summed E-state index contributed by atoms with van der Waals surface area (Å²) in [6.07, 6.45) is 1.74. The highest BCUT2D eigenvalue weighted by Crippen LogP contribution is 2.34. The summed E-state index contributed by atoms with van der Waals surface area (Å²) in [6, 6.07) is 10.9. The van der Waals surface area contributed by atoms with Crippen LogP contribution in [0.4, 0.5) is 11.4 Å². The van der Waals surface area contributed by atoms with E-state index in [-0.39, 0.29) is 5.92 Å². The van der Waals surface area contributed by atoms with Gasteiger partial charge in [0.2, 0.25) is 0 Å². The largest absolute Gasteiger partial charge is 0.497 e. The Morgan fingerprint density at radius 1 is 1.24 bits per heavy atom. The van der Waals surface area contributed by atoms with Crippen LogP contribution in [-0.4, -0.2) is 41.9 Å². The van der Waals surface area contributed by atoms with Crippen LogP contribution in [-0.2, 0) is 9.73 Å². The van der Waals surface area contributed by atoms with Crippen LogP contribution in [0.5, 0.6) is 5.75 Å². The van der Waals surface area contributed by atoms with E-state index in [2.05, 4.69) is 9.36 Å². The Hall–Kier alpha value is -2.05. The van der Waals surface area contributed by atoms with E-state index >= 15 is 0 Å². The lowest BCUT2D eigenvalue weighted by Gasteiger charge is -2.17. The van der Waals surface area contributed by atoms with E-state index in [0.717, 1.165) is 17.9 Å². The van der Waals surface area contributed by atoms with Crippen LogP contribution in [0.15, 0.2) is 50.6 Å². The molecule has 0 amide bonds. The fourth-order valence-corrected chi connectivity index (χ4v) is 5.63. The molecule has 0 N–H and O–H groups in total. The molecular weight excluding hydrogens is 406 g/mol. The van der Waals surface area contributed by atoms with Crippen LogP contribution in [0, 0.1) is 12.8 Å². The lowest BCUT2D eigenvalue weighted by atomic mass is 10.2. The molecule has 2 rings (SSSR count). The molecule has 1 unspecified atom stereocenters. The average Bonchev–Trinajstić information content (AvgIpc) is 2.67. The normalized spacial score (nSPS) is 13.5. The fourth-order valence-electron chi connectivity index (χ4n) is 2.77. The van der Waals surface area contributed by atoms with E-state index in [1.54, 1.807) is 19.5 Å². The molecule has 2 aromatic rings. The van der Waals surface area contributed by atoms with Crippen LogP contribution >= 0.6 is 11.6 Å². The maximum Gasteiger partial charge on any atom is 0.119 e. The van der Waals surface area contributed by atoms with Crippen molar-refractivity contribution in [2.24, 2.45) is 15.3 Å². The van der Waals surface area contributed by atoms with E-state index in [1.807, 2.05) is 70.0 Å². The molecule has 0 aromatic heterocycles. The van der Waals surface area contributed by atoms with E-state index in [9.17, 15) is 4.21 Å². The van der Waals surface area contributed by atoms with Crippen molar-refractivity contribution in [1.29, 1.82) is 0 Å². The van der Waals surface area contributed by atoms with Crippen LogP contribution in [0.3, 0.4) is 0 Å². The van der Waals surface area contributed by atoms with Crippen molar-refractivity contribution in [2.45, 2.75) is 32.6 Å². The molecular formula is C22H30ClN3O2S. The number of methoxy groups -OCH3 is 1. The van der Waals surface area contributed by atoms with Crippen molar-refractivity contribution in [3.63, 3.8) is 0 Å². The Morgan fingerprint density at radius 2 is 1.90 bits per heavy atom. The third kappa shape index (κ3) is 6.21. The topological polar surface area (TPSA) is 54.3 Å². The SMILES string of the molecule is CCN(C)C=Nc1cc(C)c(S(=O)(CC(C)C)=Nc2ccc(OC)cc2)cc1Cl. The molecule has 5 nitrogen and oxygen atoms in total. The van der Waals surface area contributed by atoms with Crippen molar-refractivity contribution in [2.75, 3.05) is 26.5 Å². The molecule has 0 spiro atoms. The Balaban J connectivity index is 2.57. The number of halogens is 1. The maximum atomic E-state index is 14.0. The monoisotopic (exact) mass is 435 g/mol. The van der Waals surface area contributed by atoms with Gasteiger partial charge in [0.15, 0.2) is 0 Å². The number of aryl methyl sites for hydroxylation is 1. The molecule has 0 radical (unpaired) electrons. The highest BCUT2D eigenvalue weighted by molar-refractivity contribution is 7.93. The first-order chi connectivity index (χ1) is 13.7. The summed E-state index contributed by atoms with van der Waals surface area (Å²) in [7, 11) is 0.851. The number of ether oxygens (including phenoxy) is 1. The fraction of sp³-hybridized carbons (Fsp3) is 0.409. The molecule has 1 atom stereocenters. The van der Waals surface area contributed by atoms with Gasteiger partial charge in [-0.25, -0.2) is 9.20 Å². The Morgan fingerprint density at radius 3 is 2.45 bits per heavy atom. The maximum absolute atomic E-state index is 14.0. The first-order valence-corrected chi connectivity index (χ1v) is 11.7. The van der Waals surface area contributed by atoms with Crippen LogP contribution < -0.4 is 4.74 Å². The molecule has 0 fully saturated rings. The molecule has 158 valence electrons. The van der Waals surface area contributed by atoms with Gasteiger partial charge in [0.1, 0.15) is 5.75 Å². The molecule has 0 saturated heterocycles. The predicted octanol–water partition coefficient (Wildman–Crippen LogP) is 6.08. The van der Waals surface area contributed by atoms with Crippen molar-refractivity contribution >= 4 is 39.0 Å². The van der Waals surface area contributed by atoms with Gasteiger partial charge >= 0.3 is 0 Å². The minimum atomic E-state index is -2.71. The van der Waals surface area contributed by atoms with Crippen molar-refractivity contribution in [3.05, 3.63) is 47.0 Å². The zero-order valence-corrected chi connectivity index (χ0v) is 19.5. The lowest BCUT2D eigenvalue weighted by molar-refractivity contribution is 0.415. The smallest absolute Gasteiger partial charge is 0.119 e. The van der Waals surface area contributed by atoms with Crippen LogP contribution in [0.1, 0.15) is 26.3 Å². The number of nitrogens with zero attached hydrogens (tertiary/aromatic N) is 3. The molecule has 0 bridgehead atoms. The molecule has 7 heteroatoms. The second-order valence-corrected chi connectivity index (χ2v) is 10.0. The first kappa shape index (κ1) is 23.2. The summed E-state index contributed by atoms with van der Waals surface area (Å²) in [6.45, 7) is 8.90. The summed E-state index contributed by atoms with van der Waals surface area (Å²) < 4.78 is 23.9. The number of benzene rings is 2. The van der Waals surface area contributed by atoms with Gasteiger partial charge in [-0.3, -0.25) is 0 Å². The summed E-state index contributed by atoms with van der Waals surface area (Å²) in [5.74, 6) is 1.38.